The monoisotopic (exact) mass is 334 g/mol. The fraction of sp³-hybridized carbons (Fsp3) is 0.706. The molecule has 7 nitrogen and oxygen atoms in total. The summed E-state index contributed by atoms with van der Waals surface area (Å²) in [4.78, 5) is 23.2. The predicted molar refractivity (Wildman–Crippen MR) is 91.1 cm³/mol. The summed E-state index contributed by atoms with van der Waals surface area (Å²) in [5, 5.41) is 3.34. The van der Waals surface area contributed by atoms with Crippen LogP contribution in [0.1, 0.15) is 32.6 Å². The average Bonchev–Trinajstić information content (AvgIpc) is 3.12. The van der Waals surface area contributed by atoms with Gasteiger partial charge >= 0.3 is 5.97 Å². The van der Waals surface area contributed by atoms with E-state index in [1.807, 2.05) is 13.0 Å². The maximum atomic E-state index is 12.4. The predicted octanol–water partition coefficient (Wildman–Crippen LogP) is 1.85. The van der Waals surface area contributed by atoms with Crippen LogP contribution in [0.15, 0.2) is 12.4 Å². The maximum Gasteiger partial charge on any atom is 0.313 e. The Morgan fingerprint density at radius 2 is 2.08 bits per heavy atom. The molecule has 1 aromatic heterocycles. The molecule has 0 aromatic carbocycles. The normalized spacial score (nSPS) is 20.0. The van der Waals surface area contributed by atoms with Crippen molar-refractivity contribution >= 4 is 17.6 Å². The zero-order valence-electron chi connectivity index (χ0n) is 14.3. The Balaban J connectivity index is 1.65. The fourth-order valence-electron chi connectivity index (χ4n) is 3.46. The third-order valence-electron chi connectivity index (χ3n) is 4.86. The van der Waals surface area contributed by atoms with Gasteiger partial charge in [-0.3, -0.25) is 4.79 Å². The van der Waals surface area contributed by atoms with Crippen LogP contribution in [0.4, 0.5) is 11.6 Å². The van der Waals surface area contributed by atoms with E-state index in [2.05, 4.69) is 20.2 Å². The van der Waals surface area contributed by atoms with Crippen molar-refractivity contribution in [3.63, 3.8) is 0 Å². The van der Waals surface area contributed by atoms with Crippen molar-refractivity contribution in [2.75, 3.05) is 49.7 Å². The van der Waals surface area contributed by atoms with E-state index in [0.29, 0.717) is 13.2 Å². The quantitative estimate of drug-likeness (QED) is 0.796. The van der Waals surface area contributed by atoms with Gasteiger partial charge in [-0.15, -0.1) is 0 Å². The number of nitrogens with one attached hydrogen (secondary N) is 1. The SMILES string of the molecule is CCOC(=O)C1(CNc2cc(N3CCOCC3)ncn2)CCCC1. The topological polar surface area (TPSA) is 76.6 Å². The molecule has 3 rings (SSSR count). The summed E-state index contributed by atoms with van der Waals surface area (Å²) in [7, 11) is 0. The van der Waals surface area contributed by atoms with Gasteiger partial charge in [0.25, 0.3) is 0 Å². The lowest BCUT2D eigenvalue weighted by Gasteiger charge is -2.29. The van der Waals surface area contributed by atoms with E-state index < -0.39 is 5.41 Å². The first-order chi connectivity index (χ1) is 11.7. The lowest BCUT2D eigenvalue weighted by Crippen LogP contribution is -2.38. The second-order valence-corrected chi connectivity index (χ2v) is 6.42. The van der Waals surface area contributed by atoms with Crippen LogP contribution in [-0.2, 0) is 14.3 Å². The number of ether oxygens (including phenoxy) is 2. The Kier molecular flexibility index (Phi) is 5.50. The van der Waals surface area contributed by atoms with E-state index in [1.165, 1.54) is 0 Å². The van der Waals surface area contributed by atoms with Crippen LogP contribution in [0.25, 0.3) is 0 Å². The number of morpholine rings is 1. The van der Waals surface area contributed by atoms with E-state index in [0.717, 1.165) is 63.6 Å². The van der Waals surface area contributed by atoms with Crippen molar-refractivity contribution in [1.82, 2.24) is 9.97 Å². The molecule has 1 saturated heterocycles. The molecule has 24 heavy (non-hydrogen) atoms. The Hall–Kier alpha value is -1.89. The molecule has 0 amide bonds. The average molecular weight is 334 g/mol. The second-order valence-electron chi connectivity index (χ2n) is 6.42. The summed E-state index contributed by atoms with van der Waals surface area (Å²) in [6.45, 7) is 5.96. The van der Waals surface area contributed by atoms with Gasteiger partial charge in [0, 0.05) is 25.7 Å². The van der Waals surface area contributed by atoms with E-state index in [-0.39, 0.29) is 5.97 Å². The highest BCUT2D eigenvalue weighted by molar-refractivity contribution is 5.78. The van der Waals surface area contributed by atoms with Crippen LogP contribution < -0.4 is 10.2 Å². The first-order valence-corrected chi connectivity index (χ1v) is 8.79. The largest absolute Gasteiger partial charge is 0.466 e. The first-order valence-electron chi connectivity index (χ1n) is 8.79. The minimum atomic E-state index is -0.417. The van der Waals surface area contributed by atoms with Gasteiger partial charge in [-0.05, 0) is 19.8 Å². The molecule has 1 aromatic rings. The first kappa shape index (κ1) is 17.0. The number of esters is 1. The van der Waals surface area contributed by atoms with Crippen LogP contribution in [0.3, 0.4) is 0 Å². The number of carbonyl (C=O) groups excluding carboxylic acids is 1. The van der Waals surface area contributed by atoms with Crippen LogP contribution in [-0.4, -0.2) is 55.4 Å². The molecule has 7 heteroatoms. The molecule has 0 atom stereocenters. The van der Waals surface area contributed by atoms with Crippen LogP contribution in [0.5, 0.6) is 0 Å². The summed E-state index contributed by atoms with van der Waals surface area (Å²) < 4.78 is 10.7. The van der Waals surface area contributed by atoms with Gasteiger partial charge in [0.2, 0.25) is 0 Å². The van der Waals surface area contributed by atoms with Crippen molar-refractivity contribution in [2.24, 2.45) is 5.41 Å². The van der Waals surface area contributed by atoms with Crippen molar-refractivity contribution in [1.29, 1.82) is 0 Å². The lowest BCUT2D eigenvalue weighted by molar-refractivity contribution is -0.154. The van der Waals surface area contributed by atoms with Gasteiger partial charge < -0.3 is 19.7 Å². The highest BCUT2D eigenvalue weighted by atomic mass is 16.5. The molecule has 0 unspecified atom stereocenters. The molecular formula is C17H26N4O3. The molecule has 1 saturated carbocycles. The highest BCUT2D eigenvalue weighted by Gasteiger charge is 2.42. The van der Waals surface area contributed by atoms with Gasteiger partial charge in [-0.25, -0.2) is 9.97 Å². The fourth-order valence-corrected chi connectivity index (χ4v) is 3.46. The molecule has 1 aliphatic heterocycles. The third-order valence-corrected chi connectivity index (χ3v) is 4.86. The van der Waals surface area contributed by atoms with Crippen LogP contribution >= 0.6 is 0 Å². The third kappa shape index (κ3) is 3.77. The molecule has 1 N–H and O–H groups in total. The number of aromatic nitrogens is 2. The summed E-state index contributed by atoms with van der Waals surface area (Å²) in [5.41, 5.74) is -0.417. The van der Waals surface area contributed by atoms with Crippen LogP contribution in [0.2, 0.25) is 0 Å². The minimum Gasteiger partial charge on any atom is -0.466 e. The van der Waals surface area contributed by atoms with Gasteiger partial charge in [-0.1, -0.05) is 12.8 Å². The Labute approximate surface area is 142 Å². The number of hydrogen-bond acceptors (Lipinski definition) is 7. The van der Waals surface area contributed by atoms with Crippen molar-refractivity contribution < 1.29 is 14.3 Å². The van der Waals surface area contributed by atoms with Crippen molar-refractivity contribution in [2.45, 2.75) is 32.6 Å². The van der Waals surface area contributed by atoms with Gasteiger partial charge in [0.05, 0.1) is 25.2 Å². The number of rotatable bonds is 6. The lowest BCUT2D eigenvalue weighted by atomic mass is 9.86. The summed E-state index contributed by atoms with van der Waals surface area (Å²) in [5.74, 6) is 1.56. The Bertz CT molecular complexity index is 555. The number of anilines is 2. The molecule has 132 valence electrons. The second kappa shape index (κ2) is 7.79. The maximum absolute atomic E-state index is 12.4. The highest BCUT2D eigenvalue weighted by Crippen LogP contribution is 2.39. The number of carbonyl (C=O) groups is 1. The zero-order chi connectivity index (χ0) is 16.8. The van der Waals surface area contributed by atoms with E-state index in [4.69, 9.17) is 9.47 Å². The van der Waals surface area contributed by atoms with Gasteiger partial charge in [0.1, 0.15) is 18.0 Å². The smallest absolute Gasteiger partial charge is 0.313 e. The number of hydrogen-bond donors (Lipinski definition) is 1. The molecule has 2 heterocycles. The van der Waals surface area contributed by atoms with Crippen LogP contribution in [0, 0.1) is 5.41 Å². The molecule has 2 aliphatic rings. The van der Waals surface area contributed by atoms with Gasteiger partial charge in [0.15, 0.2) is 0 Å². The summed E-state index contributed by atoms with van der Waals surface area (Å²) in [6.07, 6.45) is 5.46. The van der Waals surface area contributed by atoms with Gasteiger partial charge in [-0.2, -0.15) is 0 Å². The summed E-state index contributed by atoms with van der Waals surface area (Å²) in [6, 6.07) is 1.94. The molecule has 2 fully saturated rings. The van der Waals surface area contributed by atoms with E-state index in [9.17, 15) is 4.79 Å². The number of nitrogens with zero attached hydrogens (tertiary/aromatic N) is 3. The van der Waals surface area contributed by atoms with E-state index in [1.54, 1.807) is 6.33 Å². The molecule has 0 bridgehead atoms. The Morgan fingerprint density at radius 1 is 1.33 bits per heavy atom. The minimum absolute atomic E-state index is 0.0857. The Morgan fingerprint density at radius 3 is 2.79 bits per heavy atom. The molecule has 0 radical (unpaired) electrons. The van der Waals surface area contributed by atoms with Crippen molar-refractivity contribution in [3.05, 3.63) is 12.4 Å². The molecular weight excluding hydrogens is 308 g/mol. The molecule has 0 spiro atoms. The zero-order valence-corrected chi connectivity index (χ0v) is 14.3. The van der Waals surface area contributed by atoms with E-state index >= 15 is 0 Å². The standard InChI is InChI=1S/C17H26N4O3/c1-2-24-16(22)17(5-3-4-6-17)12-18-14-11-15(20-13-19-14)21-7-9-23-10-8-21/h11,13H,2-10,12H2,1H3,(H,18,19,20). The summed E-state index contributed by atoms with van der Waals surface area (Å²) >= 11 is 0. The molecule has 1 aliphatic carbocycles. The van der Waals surface area contributed by atoms with Crippen molar-refractivity contribution in [3.8, 4) is 0 Å².